The number of anilines is 1. The molecule has 1 aromatic heterocycles. The van der Waals surface area contributed by atoms with E-state index >= 15 is 0 Å². The van der Waals surface area contributed by atoms with Gasteiger partial charge in [0.15, 0.2) is 11.5 Å². The molecular weight excluding hydrogens is 433 g/mol. The maximum absolute atomic E-state index is 14.7. The molecule has 0 bridgehead atoms. The summed E-state index contributed by atoms with van der Waals surface area (Å²) < 4.78 is 25.8. The fraction of sp³-hybridized carbons (Fsp3) is 0.160. The van der Waals surface area contributed by atoms with E-state index in [2.05, 4.69) is 5.32 Å². The number of esters is 1. The van der Waals surface area contributed by atoms with E-state index in [0.29, 0.717) is 45.7 Å². The standard InChI is InChI=1S/C25H21ClFNO4/c1-3-10-31-25(30)16-8-4-6-14(11-16)21-22(29)23(32-24(21)28-2)18-13-17(26)12-15-7-5-9-19(27)20(15)18/h4-9,11-13,28-29H,3,10H2,1-2H3. The Kier molecular flexibility index (Phi) is 6.06. The summed E-state index contributed by atoms with van der Waals surface area (Å²) in [4.78, 5) is 12.3. The summed E-state index contributed by atoms with van der Waals surface area (Å²) in [5.74, 6) is -0.772. The highest BCUT2D eigenvalue weighted by molar-refractivity contribution is 6.32. The highest BCUT2D eigenvalue weighted by Gasteiger charge is 2.25. The van der Waals surface area contributed by atoms with Crippen LogP contribution >= 0.6 is 11.6 Å². The fourth-order valence-electron chi connectivity index (χ4n) is 3.65. The molecule has 0 aliphatic carbocycles. The molecule has 32 heavy (non-hydrogen) atoms. The van der Waals surface area contributed by atoms with E-state index in [1.165, 1.54) is 6.07 Å². The predicted molar refractivity (Wildman–Crippen MR) is 124 cm³/mol. The molecule has 0 saturated heterocycles. The number of halogens is 2. The number of carbonyl (C=O) groups excluding carboxylic acids is 1. The first kappa shape index (κ1) is 21.7. The van der Waals surface area contributed by atoms with Crippen molar-refractivity contribution in [2.75, 3.05) is 19.0 Å². The molecule has 0 aliphatic rings. The third kappa shape index (κ3) is 3.89. The first-order valence-electron chi connectivity index (χ1n) is 10.1. The van der Waals surface area contributed by atoms with E-state index in [1.807, 2.05) is 6.92 Å². The van der Waals surface area contributed by atoms with Gasteiger partial charge in [-0.3, -0.25) is 0 Å². The molecule has 164 valence electrons. The van der Waals surface area contributed by atoms with Crippen molar-refractivity contribution >= 4 is 34.2 Å². The van der Waals surface area contributed by atoms with Crippen LogP contribution in [0.5, 0.6) is 5.75 Å². The number of hydrogen-bond donors (Lipinski definition) is 2. The van der Waals surface area contributed by atoms with E-state index in [-0.39, 0.29) is 22.8 Å². The third-order valence-corrected chi connectivity index (χ3v) is 5.29. The zero-order valence-corrected chi connectivity index (χ0v) is 18.3. The Labute approximate surface area is 189 Å². The van der Waals surface area contributed by atoms with Gasteiger partial charge in [-0.2, -0.15) is 0 Å². The van der Waals surface area contributed by atoms with E-state index in [0.717, 1.165) is 0 Å². The van der Waals surface area contributed by atoms with Gasteiger partial charge in [0, 0.05) is 23.0 Å². The van der Waals surface area contributed by atoms with Gasteiger partial charge in [0.25, 0.3) is 0 Å². The summed E-state index contributed by atoms with van der Waals surface area (Å²) in [5.41, 5.74) is 1.56. The lowest BCUT2D eigenvalue weighted by Gasteiger charge is -2.08. The number of fused-ring (bicyclic) bond motifs is 1. The van der Waals surface area contributed by atoms with Crippen LogP contribution in [0.4, 0.5) is 10.3 Å². The third-order valence-electron chi connectivity index (χ3n) is 5.07. The number of hydrogen-bond acceptors (Lipinski definition) is 5. The number of carbonyl (C=O) groups is 1. The second kappa shape index (κ2) is 8.93. The van der Waals surface area contributed by atoms with Gasteiger partial charge in [-0.15, -0.1) is 0 Å². The Morgan fingerprint density at radius 3 is 2.72 bits per heavy atom. The molecule has 0 amide bonds. The van der Waals surface area contributed by atoms with Crippen molar-refractivity contribution in [3.8, 4) is 28.2 Å². The van der Waals surface area contributed by atoms with Crippen molar-refractivity contribution in [3.05, 3.63) is 71.0 Å². The Bertz CT molecular complexity index is 1320. The molecule has 5 nitrogen and oxygen atoms in total. The van der Waals surface area contributed by atoms with Gasteiger partial charge in [0.2, 0.25) is 5.88 Å². The second-order valence-electron chi connectivity index (χ2n) is 7.24. The van der Waals surface area contributed by atoms with Crippen LogP contribution in [-0.4, -0.2) is 24.7 Å². The predicted octanol–water partition coefficient (Wildman–Crippen LogP) is 6.87. The van der Waals surface area contributed by atoms with Crippen LogP contribution in [-0.2, 0) is 4.74 Å². The van der Waals surface area contributed by atoms with Crippen molar-refractivity contribution in [2.24, 2.45) is 0 Å². The first-order valence-corrected chi connectivity index (χ1v) is 10.5. The minimum atomic E-state index is -0.460. The lowest BCUT2D eigenvalue weighted by atomic mass is 9.99. The molecule has 0 aliphatic heterocycles. The van der Waals surface area contributed by atoms with E-state index in [9.17, 15) is 14.3 Å². The molecule has 0 spiro atoms. The molecule has 0 unspecified atom stereocenters. The summed E-state index contributed by atoms with van der Waals surface area (Å²) in [6, 6.07) is 14.5. The average molecular weight is 454 g/mol. The zero-order valence-electron chi connectivity index (χ0n) is 17.5. The lowest BCUT2D eigenvalue weighted by Crippen LogP contribution is -2.05. The molecule has 7 heteroatoms. The quantitative estimate of drug-likeness (QED) is 0.311. The van der Waals surface area contributed by atoms with Crippen LogP contribution in [0.3, 0.4) is 0 Å². The summed E-state index contributed by atoms with van der Waals surface area (Å²) in [7, 11) is 1.64. The lowest BCUT2D eigenvalue weighted by molar-refractivity contribution is 0.0505. The number of furan rings is 1. The van der Waals surface area contributed by atoms with Crippen LogP contribution in [0.15, 0.2) is 59.0 Å². The Morgan fingerprint density at radius 1 is 1.19 bits per heavy atom. The van der Waals surface area contributed by atoms with Gasteiger partial charge in [-0.1, -0.05) is 42.8 Å². The average Bonchev–Trinajstić information content (AvgIpc) is 3.13. The molecule has 0 fully saturated rings. The highest BCUT2D eigenvalue weighted by Crippen LogP contribution is 2.48. The topological polar surface area (TPSA) is 71.7 Å². The summed E-state index contributed by atoms with van der Waals surface area (Å²) in [6.45, 7) is 2.23. The molecule has 1 heterocycles. The summed E-state index contributed by atoms with van der Waals surface area (Å²) >= 11 is 6.26. The minimum Gasteiger partial charge on any atom is -0.504 e. The molecule has 4 rings (SSSR count). The largest absolute Gasteiger partial charge is 0.504 e. The molecule has 2 N–H and O–H groups in total. The van der Waals surface area contributed by atoms with Crippen molar-refractivity contribution in [1.82, 2.24) is 0 Å². The van der Waals surface area contributed by atoms with Crippen molar-refractivity contribution < 1.29 is 23.4 Å². The van der Waals surface area contributed by atoms with E-state index < -0.39 is 11.8 Å². The van der Waals surface area contributed by atoms with Gasteiger partial charge in [0.05, 0.1) is 17.7 Å². The van der Waals surface area contributed by atoms with Gasteiger partial charge < -0.3 is 19.6 Å². The van der Waals surface area contributed by atoms with Crippen LogP contribution < -0.4 is 5.32 Å². The monoisotopic (exact) mass is 453 g/mol. The van der Waals surface area contributed by atoms with Gasteiger partial charge in [-0.05, 0) is 47.7 Å². The smallest absolute Gasteiger partial charge is 0.338 e. The second-order valence-corrected chi connectivity index (χ2v) is 7.68. The summed E-state index contributed by atoms with van der Waals surface area (Å²) in [5, 5.41) is 15.3. The first-order chi connectivity index (χ1) is 15.4. The van der Waals surface area contributed by atoms with Gasteiger partial charge in [-0.25, -0.2) is 9.18 Å². The van der Waals surface area contributed by atoms with E-state index in [1.54, 1.807) is 55.6 Å². The van der Waals surface area contributed by atoms with Crippen LogP contribution in [0, 0.1) is 5.82 Å². The molecule has 3 aromatic carbocycles. The molecule has 0 atom stereocenters. The number of benzene rings is 3. The normalized spacial score (nSPS) is 11.0. The number of nitrogens with one attached hydrogen (secondary N) is 1. The number of rotatable bonds is 6. The highest BCUT2D eigenvalue weighted by atomic mass is 35.5. The van der Waals surface area contributed by atoms with Crippen molar-refractivity contribution in [3.63, 3.8) is 0 Å². The van der Waals surface area contributed by atoms with Crippen LogP contribution in [0.25, 0.3) is 33.2 Å². The summed E-state index contributed by atoms with van der Waals surface area (Å²) in [6.07, 6.45) is 0.714. The van der Waals surface area contributed by atoms with Gasteiger partial charge >= 0.3 is 5.97 Å². The molecule has 0 saturated carbocycles. The SMILES string of the molecule is CCCOC(=O)c1cccc(-c2c(NC)oc(-c3cc(Cl)cc4cccc(F)c34)c2O)c1. The number of aromatic hydroxyl groups is 1. The van der Waals surface area contributed by atoms with Crippen LogP contribution in [0.2, 0.25) is 5.02 Å². The maximum atomic E-state index is 14.7. The molecule has 4 aromatic rings. The zero-order chi connectivity index (χ0) is 22.8. The molecule has 0 radical (unpaired) electrons. The van der Waals surface area contributed by atoms with E-state index in [4.69, 9.17) is 20.8 Å². The Balaban J connectivity index is 1.89. The minimum absolute atomic E-state index is 0.0703. The van der Waals surface area contributed by atoms with Gasteiger partial charge in [0.1, 0.15) is 5.82 Å². The van der Waals surface area contributed by atoms with Crippen molar-refractivity contribution in [2.45, 2.75) is 13.3 Å². The fourth-order valence-corrected chi connectivity index (χ4v) is 3.88. The Morgan fingerprint density at radius 2 is 1.97 bits per heavy atom. The van der Waals surface area contributed by atoms with Crippen LogP contribution in [0.1, 0.15) is 23.7 Å². The maximum Gasteiger partial charge on any atom is 0.338 e. The van der Waals surface area contributed by atoms with Crippen molar-refractivity contribution in [1.29, 1.82) is 0 Å². The Hall–Kier alpha value is -3.51. The molecular formula is C25H21ClFNO4. The number of ether oxygens (including phenoxy) is 1.